The first kappa shape index (κ1) is 22.0. The zero-order chi connectivity index (χ0) is 23.8. The molecule has 0 bridgehead atoms. The maximum absolute atomic E-state index is 13.3. The van der Waals surface area contributed by atoms with Crippen molar-refractivity contribution in [2.75, 3.05) is 26.3 Å². The highest BCUT2D eigenvalue weighted by Gasteiger charge is 2.36. The number of ether oxygens (including phenoxy) is 2. The van der Waals surface area contributed by atoms with E-state index in [2.05, 4.69) is 5.32 Å². The summed E-state index contributed by atoms with van der Waals surface area (Å²) in [7, 11) is 0. The van der Waals surface area contributed by atoms with Crippen molar-refractivity contribution in [3.63, 3.8) is 0 Å². The molecule has 0 radical (unpaired) electrons. The van der Waals surface area contributed by atoms with Crippen LogP contribution in [0.5, 0.6) is 11.5 Å². The highest BCUT2D eigenvalue weighted by Crippen LogP contribution is 2.43. The van der Waals surface area contributed by atoms with E-state index in [1.54, 1.807) is 0 Å². The van der Waals surface area contributed by atoms with E-state index in [1.807, 2.05) is 65.6 Å². The number of amides is 2. The maximum atomic E-state index is 13.3. The van der Waals surface area contributed by atoms with Crippen LogP contribution in [0.1, 0.15) is 47.6 Å². The number of likely N-dealkylation sites (tertiary alicyclic amines) is 1. The van der Waals surface area contributed by atoms with Gasteiger partial charge in [-0.3, -0.25) is 9.59 Å². The molecule has 1 saturated heterocycles. The summed E-state index contributed by atoms with van der Waals surface area (Å²) < 4.78 is 11.4. The lowest BCUT2D eigenvalue weighted by Gasteiger charge is -2.32. The summed E-state index contributed by atoms with van der Waals surface area (Å²) in [5, 5.41) is 5.38. The molecule has 6 nitrogen and oxygen atoms in total. The van der Waals surface area contributed by atoms with Crippen molar-refractivity contribution in [2.24, 2.45) is 11.8 Å². The number of piperidine rings is 1. The highest BCUT2D eigenvalue weighted by molar-refractivity contribution is 6.07. The van der Waals surface area contributed by atoms with Gasteiger partial charge in [-0.25, -0.2) is 0 Å². The minimum atomic E-state index is -0.0787. The number of carbonyl (C=O) groups excluding carboxylic acids is 2. The predicted molar refractivity (Wildman–Crippen MR) is 134 cm³/mol. The average Bonchev–Trinajstić information content (AvgIpc) is 3.76. The molecule has 1 saturated carbocycles. The molecule has 1 N–H and O–H groups in total. The normalized spacial score (nSPS) is 18.8. The van der Waals surface area contributed by atoms with Gasteiger partial charge in [-0.15, -0.1) is 0 Å². The molecule has 3 aliphatic rings. The van der Waals surface area contributed by atoms with Gasteiger partial charge in [0.25, 0.3) is 5.91 Å². The van der Waals surface area contributed by atoms with Crippen LogP contribution in [0, 0.1) is 11.8 Å². The Morgan fingerprint density at radius 3 is 2.40 bits per heavy atom. The molecule has 1 unspecified atom stereocenters. The maximum Gasteiger partial charge on any atom is 0.254 e. The van der Waals surface area contributed by atoms with Gasteiger partial charge in [-0.1, -0.05) is 42.5 Å². The zero-order valence-electron chi connectivity index (χ0n) is 19.7. The first-order valence-corrected chi connectivity index (χ1v) is 12.6. The summed E-state index contributed by atoms with van der Waals surface area (Å²) in [6, 6.07) is 19.8. The van der Waals surface area contributed by atoms with Gasteiger partial charge in [0, 0.05) is 24.6 Å². The van der Waals surface area contributed by atoms with Gasteiger partial charge in [0.1, 0.15) is 13.2 Å². The lowest BCUT2D eigenvalue weighted by molar-refractivity contribution is -0.127. The predicted octanol–water partition coefficient (Wildman–Crippen LogP) is 4.73. The molecule has 1 aliphatic carbocycles. The van der Waals surface area contributed by atoms with Gasteiger partial charge in [-0.05, 0) is 66.1 Å². The smallest absolute Gasteiger partial charge is 0.254 e. The van der Waals surface area contributed by atoms with Crippen LogP contribution in [0.3, 0.4) is 0 Å². The Morgan fingerprint density at radius 2 is 1.60 bits per heavy atom. The molecule has 1 atom stereocenters. The molecule has 0 spiro atoms. The van der Waals surface area contributed by atoms with Crippen molar-refractivity contribution in [2.45, 2.75) is 31.7 Å². The molecule has 2 aliphatic heterocycles. The number of rotatable bonds is 5. The van der Waals surface area contributed by atoms with Crippen molar-refractivity contribution >= 4 is 22.6 Å². The van der Waals surface area contributed by atoms with Crippen molar-refractivity contribution < 1.29 is 19.1 Å². The first-order valence-electron chi connectivity index (χ1n) is 12.6. The zero-order valence-corrected chi connectivity index (χ0v) is 19.7. The Kier molecular flexibility index (Phi) is 5.80. The van der Waals surface area contributed by atoms with E-state index in [1.165, 1.54) is 0 Å². The summed E-state index contributed by atoms with van der Waals surface area (Å²) in [5.74, 6) is 2.06. The molecular weight excluding hydrogens is 440 g/mol. The van der Waals surface area contributed by atoms with Crippen LogP contribution in [-0.4, -0.2) is 43.0 Å². The Morgan fingerprint density at radius 1 is 0.857 bits per heavy atom. The van der Waals surface area contributed by atoms with Gasteiger partial charge in [0.05, 0.1) is 6.04 Å². The largest absolute Gasteiger partial charge is 0.486 e. The number of nitrogens with one attached hydrogen (secondary N) is 1. The van der Waals surface area contributed by atoms with Gasteiger partial charge < -0.3 is 19.7 Å². The Bertz CT molecular complexity index is 1260. The van der Waals surface area contributed by atoms with E-state index in [4.69, 9.17) is 9.47 Å². The van der Waals surface area contributed by atoms with Crippen molar-refractivity contribution in [3.05, 3.63) is 71.8 Å². The van der Waals surface area contributed by atoms with E-state index in [9.17, 15) is 9.59 Å². The standard InChI is InChI=1S/C29H30N2O4/c32-28(30-27(20-8-9-20)22-10-11-25-26(18-22)35-17-16-34-25)21-12-14-31(15-13-21)29(33)24-7-3-5-19-4-1-2-6-23(19)24/h1-7,10-11,18,20-21,27H,8-9,12-17H2,(H,30,32). The molecule has 0 aromatic heterocycles. The third-order valence-corrected chi connectivity index (χ3v) is 7.49. The molecule has 2 amide bonds. The monoisotopic (exact) mass is 470 g/mol. The quantitative estimate of drug-likeness (QED) is 0.585. The average molecular weight is 471 g/mol. The first-order chi connectivity index (χ1) is 17.2. The van der Waals surface area contributed by atoms with Gasteiger partial charge >= 0.3 is 0 Å². The topological polar surface area (TPSA) is 67.9 Å². The Hall–Kier alpha value is -3.54. The number of fused-ring (bicyclic) bond motifs is 2. The molecule has 2 fully saturated rings. The summed E-state index contributed by atoms with van der Waals surface area (Å²) in [6.07, 6.45) is 3.61. The minimum Gasteiger partial charge on any atom is -0.486 e. The van der Waals surface area contributed by atoms with Crippen LogP contribution in [0.25, 0.3) is 10.8 Å². The van der Waals surface area contributed by atoms with Crippen molar-refractivity contribution in [3.8, 4) is 11.5 Å². The molecule has 2 heterocycles. The second-order valence-corrected chi connectivity index (χ2v) is 9.82. The number of hydrogen-bond donors (Lipinski definition) is 1. The molecule has 6 heteroatoms. The molecule has 3 aromatic carbocycles. The van der Waals surface area contributed by atoms with Crippen molar-refractivity contribution in [1.29, 1.82) is 0 Å². The lowest BCUT2D eigenvalue weighted by atomic mass is 9.93. The van der Waals surface area contributed by atoms with Crippen LogP contribution in [0.2, 0.25) is 0 Å². The third kappa shape index (κ3) is 4.45. The van der Waals surface area contributed by atoms with Crippen molar-refractivity contribution in [1.82, 2.24) is 10.2 Å². The fourth-order valence-corrected chi connectivity index (χ4v) is 5.35. The van der Waals surface area contributed by atoms with Crippen LogP contribution >= 0.6 is 0 Å². The van der Waals surface area contributed by atoms with Crippen LogP contribution < -0.4 is 14.8 Å². The van der Waals surface area contributed by atoms with Crippen LogP contribution in [0.15, 0.2) is 60.7 Å². The summed E-state index contributed by atoms with van der Waals surface area (Å²) in [6.45, 7) is 2.31. The van der Waals surface area contributed by atoms with E-state index in [-0.39, 0.29) is 23.8 Å². The fourth-order valence-electron chi connectivity index (χ4n) is 5.35. The Balaban J connectivity index is 1.11. The number of hydrogen-bond acceptors (Lipinski definition) is 4. The molecular formula is C29H30N2O4. The van der Waals surface area contributed by atoms with E-state index in [0.717, 1.165) is 46.2 Å². The fraction of sp³-hybridized carbons (Fsp3) is 0.379. The Labute approximate surface area is 205 Å². The number of nitrogens with zero attached hydrogens (tertiary/aromatic N) is 1. The summed E-state index contributed by atoms with van der Waals surface area (Å²) in [4.78, 5) is 28.4. The molecule has 3 aromatic rings. The SMILES string of the molecule is O=C(NC(c1ccc2c(c1)OCCO2)C1CC1)C1CCN(C(=O)c2cccc3ccccc23)CC1. The van der Waals surface area contributed by atoms with E-state index >= 15 is 0 Å². The summed E-state index contributed by atoms with van der Waals surface area (Å²) in [5.41, 5.74) is 1.81. The number of benzene rings is 3. The van der Waals surface area contributed by atoms with E-state index in [0.29, 0.717) is 45.1 Å². The molecule has 180 valence electrons. The summed E-state index contributed by atoms with van der Waals surface area (Å²) >= 11 is 0. The number of carbonyl (C=O) groups is 2. The highest BCUT2D eigenvalue weighted by atomic mass is 16.6. The van der Waals surface area contributed by atoms with Crippen LogP contribution in [-0.2, 0) is 4.79 Å². The van der Waals surface area contributed by atoms with E-state index < -0.39 is 0 Å². The van der Waals surface area contributed by atoms with Gasteiger partial charge in [0.2, 0.25) is 5.91 Å². The molecule has 6 rings (SSSR count). The van der Waals surface area contributed by atoms with Gasteiger partial charge in [-0.2, -0.15) is 0 Å². The minimum absolute atomic E-state index is 0.00586. The second-order valence-electron chi connectivity index (χ2n) is 9.82. The second kappa shape index (κ2) is 9.25. The lowest BCUT2D eigenvalue weighted by Crippen LogP contribution is -2.44. The molecule has 35 heavy (non-hydrogen) atoms. The van der Waals surface area contributed by atoms with Gasteiger partial charge in [0.15, 0.2) is 11.5 Å². The van der Waals surface area contributed by atoms with Crippen LogP contribution in [0.4, 0.5) is 0 Å². The third-order valence-electron chi connectivity index (χ3n) is 7.49.